The Balaban J connectivity index is 2.39. The predicted octanol–water partition coefficient (Wildman–Crippen LogP) is 2.59. The van der Waals surface area contributed by atoms with Gasteiger partial charge in [0, 0.05) is 6.20 Å². The Morgan fingerprint density at radius 2 is 2.15 bits per heavy atom. The van der Waals surface area contributed by atoms with Gasteiger partial charge < -0.3 is 9.26 Å². The fraction of sp³-hybridized carbons (Fsp3) is 0.200. The molecule has 0 fully saturated rings. The highest BCUT2D eigenvalue weighted by molar-refractivity contribution is 6.32. The first kappa shape index (κ1) is 14.3. The number of esters is 1. The maximum absolute atomic E-state index is 12.4. The van der Waals surface area contributed by atoms with E-state index in [-0.39, 0.29) is 16.5 Å². The fourth-order valence-corrected chi connectivity index (χ4v) is 1.50. The third-order valence-electron chi connectivity index (χ3n) is 2.17. The minimum atomic E-state index is -4.57. The van der Waals surface area contributed by atoms with E-state index in [1.54, 1.807) is 0 Å². The van der Waals surface area contributed by atoms with Crippen LogP contribution in [0.2, 0.25) is 5.02 Å². The molecule has 0 amide bonds. The van der Waals surface area contributed by atoms with Crippen LogP contribution in [-0.4, -0.2) is 28.2 Å². The molecule has 6 nitrogen and oxygen atoms in total. The lowest BCUT2D eigenvalue weighted by molar-refractivity contribution is -0.137. The van der Waals surface area contributed by atoms with Gasteiger partial charge in [0.05, 0.1) is 17.7 Å². The van der Waals surface area contributed by atoms with E-state index in [1.807, 2.05) is 0 Å². The van der Waals surface area contributed by atoms with Gasteiger partial charge in [-0.15, -0.1) is 0 Å². The van der Waals surface area contributed by atoms with Crippen LogP contribution >= 0.6 is 11.6 Å². The van der Waals surface area contributed by atoms with Crippen molar-refractivity contribution in [1.29, 1.82) is 0 Å². The van der Waals surface area contributed by atoms with Gasteiger partial charge >= 0.3 is 18.0 Å². The van der Waals surface area contributed by atoms with Crippen LogP contribution in [0.15, 0.2) is 16.8 Å². The van der Waals surface area contributed by atoms with Gasteiger partial charge in [0.1, 0.15) is 5.69 Å². The summed E-state index contributed by atoms with van der Waals surface area (Å²) in [6.07, 6.45) is -3.99. The van der Waals surface area contributed by atoms with Crippen LogP contribution in [0.4, 0.5) is 13.2 Å². The summed E-state index contributed by atoms with van der Waals surface area (Å²) < 4.78 is 46.3. The number of alkyl halides is 3. The second-order valence-electron chi connectivity index (χ2n) is 3.47. The summed E-state index contributed by atoms with van der Waals surface area (Å²) in [5, 5.41) is 3.07. The number of nitrogens with zero attached hydrogens (tertiary/aromatic N) is 3. The Bertz CT molecular complexity index is 657. The molecule has 0 aliphatic rings. The molecule has 0 saturated heterocycles. The normalized spacial score (nSPS) is 11.4. The number of methoxy groups -OCH3 is 1. The highest BCUT2D eigenvalue weighted by Crippen LogP contribution is 2.33. The van der Waals surface area contributed by atoms with Gasteiger partial charge in [0.15, 0.2) is 0 Å². The van der Waals surface area contributed by atoms with E-state index < -0.39 is 23.6 Å². The Labute approximate surface area is 114 Å². The lowest BCUT2D eigenvalue weighted by atomic mass is 10.2. The first-order valence-electron chi connectivity index (χ1n) is 4.98. The first-order valence-corrected chi connectivity index (χ1v) is 5.36. The quantitative estimate of drug-likeness (QED) is 0.794. The van der Waals surface area contributed by atoms with Gasteiger partial charge in [-0.1, -0.05) is 16.8 Å². The molecule has 0 radical (unpaired) electrons. The third-order valence-corrected chi connectivity index (χ3v) is 2.45. The molecular formula is C10H5ClF3N3O3. The third kappa shape index (κ3) is 2.72. The number of pyridine rings is 1. The number of carbonyl (C=O) groups is 1. The van der Waals surface area contributed by atoms with E-state index in [4.69, 9.17) is 11.6 Å². The van der Waals surface area contributed by atoms with Crippen molar-refractivity contribution in [2.24, 2.45) is 0 Å². The smallest absolute Gasteiger partial charge is 0.417 e. The molecular weight excluding hydrogens is 303 g/mol. The summed E-state index contributed by atoms with van der Waals surface area (Å²) in [6, 6.07) is 0.679. The van der Waals surface area contributed by atoms with E-state index in [0.717, 1.165) is 7.11 Å². The number of rotatable bonds is 2. The molecule has 0 unspecified atom stereocenters. The van der Waals surface area contributed by atoms with Gasteiger partial charge in [-0.05, 0) is 6.07 Å². The van der Waals surface area contributed by atoms with Crippen molar-refractivity contribution in [3.05, 3.63) is 28.7 Å². The SMILES string of the molecule is COC(=O)c1nc(-c2ncc(C(F)(F)F)cc2Cl)no1. The standard InChI is InChI=1S/C10H5ClF3N3O3/c1-19-9(18)8-16-7(17-20-8)6-5(11)2-4(3-15-6)10(12,13)14/h2-3H,1H3. The fourth-order valence-electron chi connectivity index (χ4n) is 1.25. The summed E-state index contributed by atoms with van der Waals surface area (Å²) in [7, 11) is 1.11. The van der Waals surface area contributed by atoms with Gasteiger partial charge in [-0.2, -0.15) is 18.2 Å². The van der Waals surface area contributed by atoms with E-state index in [9.17, 15) is 18.0 Å². The maximum Gasteiger partial charge on any atom is 0.417 e. The first-order chi connectivity index (χ1) is 9.32. The number of halogens is 4. The highest BCUT2D eigenvalue weighted by atomic mass is 35.5. The molecule has 106 valence electrons. The lowest BCUT2D eigenvalue weighted by Crippen LogP contribution is -2.06. The lowest BCUT2D eigenvalue weighted by Gasteiger charge is -2.07. The zero-order valence-corrected chi connectivity index (χ0v) is 10.5. The van der Waals surface area contributed by atoms with Crippen molar-refractivity contribution < 1.29 is 27.2 Å². The van der Waals surface area contributed by atoms with E-state index in [1.165, 1.54) is 0 Å². The molecule has 0 bridgehead atoms. The minimum Gasteiger partial charge on any atom is -0.462 e. The molecule has 20 heavy (non-hydrogen) atoms. The molecule has 0 aliphatic carbocycles. The molecule has 0 spiro atoms. The number of hydrogen-bond donors (Lipinski definition) is 0. The largest absolute Gasteiger partial charge is 0.462 e. The van der Waals surface area contributed by atoms with Crippen LogP contribution in [-0.2, 0) is 10.9 Å². The summed E-state index contributed by atoms with van der Waals surface area (Å²) in [5.74, 6) is -1.56. The van der Waals surface area contributed by atoms with Crippen LogP contribution in [0.3, 0.4) is 0 Å². The molecule has 2 rings (SSSR count). The van der Waals surface area contributed by atoms with Crippen molar-refractivity contribution in [2.45, 2.75) is 6.18 Å². The second kappa shape index (κ2) is 5.08. The number of aromatic nitrogens is 3. The van der Waals surface area contributed by atoms with Gasteiger partial charge in [0.2, 0.25) is 5.82 Å². The Kier molecular flexibility index (Phi) is 3.62. The molecule has 0 aliphatic heterocycles. The molecule has 2 heterocycles. The molecule has 2 aromatic rings. The average molecular weight is 308 g/mol. The number of ether oxygens (including phenoxy) is 1. The second-order valence-corrected chi connectivity index (χ2v) is 3.87. The van der Waals surface area contributed by atoms with Gasteiger partial charge in [0.25, 0.3) is 0 Å². The molecule has 0 saturated carbocycles. The zero-order chi connectivity index (χ0) is 14.9. The summed E-state index contributed by atoms with van der Waals surface area (Å²) in [5.41, 5.74) is -1.15. The molecule has 2 aromatic heterocycles. The highest BCUT2D eigenvalue weighted by Gasteiger charge is 2.32. The van der Waals surface area contributed by atoms with Crippen molar-refractivity contribution in [3.63, 3.8) is 0 Å². The van der Waals surface area contributed by atoms with E-state index >= 15 is 0 Å². The Morgan fingerprint density at radius 3 is 2.70 bits per heavy atom. The maximum atomic E-state index is 12.4. The van der Waals surface area contributed by atoms with Crippen molar-refractivity contribution in [1.82, 2.24) is 15.1 Å². The van der Waals surface area contributed by atoms with Crippen molar-refractivity contribution >= 4 is 17.6 Å². The van der Waals surface area contributed by atoms with E-state index in [2.05, 4.69) is 24.4 Å². The zero-order valence-electron chi connectivity index (χ0n) is 9.73. The van der Waals surface area contributed by atoms with Gasteiger partial charge in [-0.3, -0.25) is 4.98 Å². The van der Waals surface area contributed by atoms with Gasteiger partial charge in [-0.25, -0.2) is 4.79 Å². The summed E-state index contributed by atoms with van der Waals surface area (Å²) >= 11 is 5.69. The molecule has 10 heteroatoms. The molecule has 0 aromatic carbocycles. The summed E-state index contributed by atoms with van der Waals surface area (Å²) in [4.78, 5) is 18.3. The van der Waals surface area contributed by atoms with Crippen LogP contribution in [0.5, 0.6) is 0 Å². The minimum absolute atomic E-state index is 0.140. The number of hydrogen-bond acceptors (Lipinski definition) is 6. The van der Waals surface area contributed by atoms with Crippen molar-refractivity contribution in [3.8, 4) is 11.5 Å². The number of carbonyl (C=O) groups excluding carboxylic acids is 1. The van der Waals surface area contributed by atoms with Crippen LogP contribution in [0.1, 0.15) is 16.2 Å². The molecule has 0 N–H and O–H groups in total. The van der Waals surface area contributed by atoms with Crippen LogP contribution < -0.4 is 0 Å². The van der Waals surface area contributed by atoms with Crippen LogP contribution in [0, 0.1) is 0 Å². The average Bonchev–Trinajstić information content (AvgIpc) is 2.86. The monoisotopic (exact) mass is 307 g/mol. The van der Waals surface area contributed by atoms with Crippen LogP contribution in [0.25, 0.3) is 11.5 Å². The molecule has 0 atom stereocenters. The van der Waals surface area contributed by atoms with Crippen molar-refractivity contribution in [2.75, 3.05) is 7.11 Å². The topological polar surface area (TPSA) is 78.1 Å². The predicted molar refractivity (Wildman–Crippen MR) is 58.9 cm³/mol. The Morgan fingerprint density at radius 1 is 1.45 bits per heavy atom. The Hall–Kier alpha value is -2.16. The van der Waals surface area contributed by atoms with E-state index in [0.29, 0.717) is 12.3 Å². The summed E-state index contributed by atoms with van der Waals surface area (Å²) in [6.45, 7) is 0.